The van der Waals surface area contributed by atoms with Crippen LogP contribution in [0.15, 0.2) is 41.3 Å². The molecule has 2 aromatic carbocycles. The summed E-state index contributed by atoms with van der Waals surface area (Å²) in [4.78, 5) is 13.2. The van der Waals surface area contributed by atoms with Crippen LogP contribution in [0.3, 0.4) is 0 Å². The summed E-state index contributed by atoms with van der Waals surface area (Å²) in [6.45, 7) is 2.00. The van der Waals surface area contributed by atoms with Crippen molar-refractivity contribution in [3.05, 3.63) is 36.4 Å². The maximum atomic E-state index is 12.8. The highest BCUT2D eigenvalue weighted by Crippen LogP contribution is 2.30. The number of rotatable bonds is 10. The van der Waals surface area contributed by atoms with Crippen molar-refractivity contribution in [2.24, 2.45) is 0 Å². The number of sulfonamides is 1. The van der Waals surface area contributed by atoms with Gasteiger partial charge in [0, 0.05) is 49.8 Å². The molecule has 1 N–H and O–H groups in total. The molecule has 0 unspecified atom stereocenters. The third-order valence-electron chi connectivity index (χ3n) is 4.30. The fourth-order valence-electron chi connectivity index (χ4n) is 2.97. The summed E-state index contributed by atoms with van der Waals surface area (Å²) >= 11 is 1.35. The summed E-state index contributed by atoms with van der Waals surface area (Å²) in [5.41, 5.74) is 0.994. The molecule has 7 heteroatoms. The Kier molecular flexibility index (Phi) is 8.13. The summed E-state index contributed by atoms with van der Waals surface area (Å²) in [5.74, 6) is 0.839. The van der Waals surface area contributed by atoms with Crippen LogP contribution in [0.4, 0.5) is 5.69 Å². The number of benzene rings is 2. The molecule has 0 bridgehead atoms. The van der Waals surface area contributed by atoms with E-state index in [0.29, 0.717) is 11.4 Å². The summed E-state index contributed by atoms with van der Waals surface area (Å²) in [6, 6.07) is 11.1. The minimum absolute atomic E-state index is 0.148. The average Bonchev–Trinajstić information content (AvgIpc) is 2.62. The number of nitrogens with one attached hydrogen (secondary N) is 1. The molecule has 148 valence electrons. The molecule has 5 nitrogen and oxygen atoms in total. The zero-order valence-electron chi connectivity index (χ0n) is 16.2. The Morgan fingerprint density at radius 1 is 1.00 bits per heavy atom. The Hall–Kier alpha value is -1.57. The van der Waals surface area contributed by atoms with Crippen molar-refractivity contribution in [2.75, 3.05) is 31.3 Å². The van der Waals surface area contributed by atoms with E-state index in [-0.39, 0.29) is 5.12 Å². The van der Waals surface area contributed by atoms with Gasteiger partial charge in [0.15, 0.2) is 5.12 Å². The van der Waals surface area contributed by atoms with Crippen molar-refractivity contribution in [3.63, 3.8) is 0 Å². The minimum Gasteiger partial charge on any atom is -0.377 e. The standard InChI is InChI=1S/C20H28N2O3S2/c1-16(23)26-15-7-5-4-6-14-21-27(24,25)20-13-9-10-17-18(20)11-8-12-19(17)22(2)3/h8-13,21H,4-7,14-15H2,1-3H3. The Labute approximate surface area is 166 Å². The quantitative estimate of drug-likeness (QED) is 0.601. The number of hydrogen-bond donors (Lipinski definition) is 1. The molecule has 0 saturated carbocycles. The maximum absolute atomic E-state index is 12.8. The molecule has 0 spiro atoms. The van der Waals surface area contributed by atoms with Gasteiger partial charge in [-0.25, -0.2) is 13.1 Å². The lowest BCUT2D eigenvalue weighted by Crippen LogP contribution is -2.25. The summed E-state index contributed by atoms with van der Waals surface area (Å²) in [5, 5.41) is 1.81. The normalized spacial score (nSPS) is 11.7. The van der Waals surface area contributed by atoms with Crippen molar-refractivity contribution in [3.8, 4) is 0 Å². The van der Waals surface area contributed by atoms with Crippen molar-refractivity contribution >= 4 is 43.4 Å². The lowest BCUT2D eigenvalue weighted by Gasteiger charge is -2.17. The Balaban J connectivity index is 1.97. The minimum atomic E-state index is -3.56. The monoisotopic (exact) mass is 408 g/mol. The van der Waals surface area contributed by atoms with Crippen LogP contribution in [0, 0.1) is 0 Å². The number of carbonyl (C=O) groups is 1. The first kappa shape index (κ1) is 21.7. The lowest BCUT2D eigenvalue weighted by atomic mass is 10.1. The van der Waals surface area contributed by atoms with E-state index in [0.717, 1.165) is 47.9 Å². The van der Waals surface area contributed by atoms with Crippen LogP contribution in [0.5, 0.6) is 0 Å². The van der Waals surface area contributed by atoms with Crippen molar-refractivity contribution in [2.45, 2.75) is 37.5 Å². The van der Waals surface area contributed by atoms with Gasteiger partial charge in [-0.1, -0.05) is 48.9 Å². The van der Waals surface area contributed by atoms with E-state index in [1.807, 2.05) is 43.3 Å². The molecule has 0 aromatic heterocycles. The molecule has 0 heterocycles. The molecule has 0 atom stereocenters. The fourth-order valence-corrected chi connectivity index (χ4v) is 4.90. The average molecular weight is 409 g/mol. The van der Waals surface area contributed by atoms with E-state index >= 15 is 0 Å². The molecule has 0 aliphatic heterocycles. The molecule has 0 fully saturated rings. The smallest absolute Gasteiger partial charge is 0.241 e. The zero-order valence-corrected chi connectivity index (χ0v) is 17.8. The van der Waals surface area contributed by atoms with Crippen molar-refractivity contribution in [1.82, 2.24) is 4.72 Å². The summed E-state index contributed by atoms with van der Waals surface area (Å²) in [6.07, 6.45) is 3.72. The molecule has 0 amide bonds. The van der Waals surface area contributed by atoms with E-state index in [4.69, 9.17) is 0 Å². The van der Waals surface area contributed by atoms with Gasteiger partial charge >= 0.3 is 0 Å². The van der Waals surface area contributed by atoms with Gasteiger partial charge in [0.2, 0.25) is 10.0 Å². The van der Waals surface area contributed by atoms with Crippen LogP contribution in [0.1, 0.15) is 32.6 Å². The molecular formula is C20H28N2O3S2. The van der Waals surface area contributed by atoms with E-state index in [1.54, 1.807) is 19.1 Å². The Morgan fingerprint density at radius 2 is 1.67 bits per heavy atom. The van der Waals surface area contributed by atoms with Crippen molar-refractivity contribution < 1.29 is 13.2 Å². The van der Waals surface area contributed by atoms with E-state index in [9.17, 15) is 13.2 Å². The van der Waals surface area contributed by atoms with Gasteiger partial charge in [-0.3, -0.25) is 4.79 Å². The highest BCUT2D eigenvalue weighted by molar-refractivity contribution is 8.13. The Bertz CT molecular complexity index is 880. The van der Waals surface area contributed by atoms with Gasteiger partial charge < -0.3 is 4.90 Å². The lowest BCUT2D eigenvalue weighted by molar-refractivity contribution is -0.109. The third kappa shape index (κ3) is 6.23. The summed E-state index contributed by atoms with van der Waals surface area (Å²) in [7, 11) is 0.340. The first-order chi connectivity index (χ1) is 12.8. The van der Waals surface area contributed by atoms with Gasteiger partial charge in [0.05, 0.1) is 4.90 Å². The fraction of sp³-hybridized carbons (Fsp3) is 0.450. The molecule has 27 heavy (non-hydrogen) atoms. The van der Waals surface area contributed by atoms with Crippen LogP contribution >= 0.6 is 11.8 Å². The molecule has 0 saturated heterocycles. The number of unbranched alkanes of at least 4 members (excludes halogenated alkanes) is 3. The number of fused-ring (bicyclic) bond motifs is 1. The molecule has 2 aromatic rings. The second kappa shape index (κ2) is 10.1. The van der Waals surface area contributed by atoms with Crippen LogP contribution in [-0.4, -0.2) is 39.9 Å². The second-order valence-electron chi connectivity index (χ2n) is 6.67. The van der Waals surface area contributed by atoms with Crippen LogP contribution in [0.25, 0.3) is 10.8 Å². The van der Waals surface area contributed by atoms with Gasteiger partial charge in [0.1, 0.15) is 0 Å². The van der Waals surface area contributed by atoms with Gasteiger partial charge in [-0.2, -0.15) is 0 Å². The van der Waals surface area contributed by atoms with Gasteiger partial charge in [0.25, 0.3) is 0 Å². The topological polar surface area (TPSA) is 66.5 Å². The van der Waals surface area contributed by atoms with Gasteiger partial charge in [-0.05, 0) is 25.0 Å². The van der Waals surface area contributed by atoms with Crippen LogP contribution in [0.2, 0.25) is 0 Å². The third-order valence-corrected chi connectivity index (χ3v) is 6.72. The molecular weight excluding hydrogens is 380 g/mol. The molecule has 0 aliphatic carbocycles. The molecule has 0 radical (unpaired) electrons. The Morgan fingerprint density at radius 3 is 2.37 bits per heavy atom. The number of nitrogens with zero attached hydrogens (tertiary/aromatic N) is 1. The maximum Gasteiger partial charge on any atom is 0.241 e. The number of hydrogen-bond acceptors (Lipinski definition) is 5. The van der Waals surface area contributed by atoms with Crippen molar-refractivity contribution in [1.29, 1.82) is 0 Å². The van der Waals surface area contributed by atoms with E-state index in [2.05, 4.69) is 4.72 Å². The first-order valence-corrected chi connectivity index (χ1v) is 11.6. The highest BCUT2D eigenvalue weighted by Gasteiger charge is 2.17. The SMILES string of the molecule is CC(=O)SCCCCCCNS(=O)(=O)c1cccc2c(N(C)C)cccc12. The molecule has 2 rings (SSSR count). The van der Waals surface area contributed by atoms with Crippen LogP contribution < -0.4 is 9.62 Å². The highest BCUT2D eigenvalue weighted by atomic mass is 32.2. The van der Waals surface area contributed by atoms with Crippen LogP contribution in [-0.2, 0) is 14.8 Å². The zero-order chi connectivity index (χ0) is 19.9. The predicted octanol–water partition coefficient (Wildman–Crippen LogP) is 4.02. The second-order valence-corrected chi connectivity index (χ2v) is 9.68. The number of anilines is 1. The number of thioether (sulfide) groups is 1. The predicted molar refractivity (Wildman–Crippen MR) is 115 cm³/mol. The van der Waals surface area contributed by atoms with E-state index in [1.165, 1.54) is 11.8 Å². The molecule has 0 aliphatic rings. The first-order valence-electron chi connectivity index (χ1n) is 9.15. The van der Waals surface area contributed by atoms with E-state index < -0.39 is 10.0 Å². The summed E-state index contributed by atoms with van der Waals surface area (Å²) < 4.78 is 28.3. The largest absolute Gasteiger partial charge is 0.377 e. The van der Waals surface area contributed by atoms with Gasteiger partial charge in [-0.15, -0.1) is 0 Å². The number of carbonyl (C=O) groups excluding carboxylic acids is 1.